The molecule has 0 spiro atoms. The third-order valence-corrected chi connectivity index (χ3v) is 6.95. The van der Waals surface area contributed by atoms with Gasteiger partial charge in [-0.3, -0.25) is 15.0 Å². The van der Waals surface area contributed by atoms with E-state index < -0.39 is 47.4 Å². The van der Waals surface area contributed by atoms with Gasteiger partial charge in [0.1, 0.15) is 29.4 Å². The van der Waals surface area contributed by atoms with Gasteiger partial charge >= 0.3 is 6.09 Å². The van der Waals surface area contributed by atoms with E-state index >= 15 is 0 Å². The molecule has 40 heavy (non-hydrogen) atoms. The minimum absolute atomic E-state index is 0.0661. The van der Waals surface area contributed by atoms with Crippen molar-refractivity contribution < 1.29 is 37.0 Å². The lowest BCUT2D eigenvalue weighted by atomic mass is 9.87. The van der Waals surface area contributed by atoms with E-state index in [1.54, 1.807) is 6.07 Å². The monoisotopic (exact) mass is 559 g/mol. The Labute approximate surface area is 228 Å². The highest BCUT2D eigenvalue weighted by Crippen LogP contribution is 2.32. The molecule has 0 aliphatic carbocycles. The first-order valence-electron chi connectivity index (χ1n) is 12.7. The topological polar surface area (TPSA) is 90.9 Å². The molecule has 3 aromatic carbocycles. The molecule has 2 amide bonds. The van der Waals surface area contributed by atoms with Crippen molar-refractivity contribution in [3.63, 3.8) is 0 Å². The van der Waals surface area contributed by atoms with Crippen LogP contribution in [0.25, 0.3) is 0 Å². The van der Waals surface area contributed by atoms with Gasteiger partial charge in [-0.25, -0.2) is 22.4 Å². The summed E-state index contributed by atoms with van der Waals surface area (Å²) in [7, 11) is 1.43. The van der Waals surface area contributed by atoms with Gasteiger partial charge in [0.2, 0.25) is 5.91 Å². The lowest BCUT2D eigenvalue weighted by molar-refractivity contribution is -0.116. The van der Waals surface area contributed by atoms with E-state index in [2.05, 4.69) is 10.6 Å². The maximum atomic E-state index is 14.8. The second-order valence-corrected chi connectivity index (χ2v) is 9.60. The average molecular weight is 560 g/mol. The second kappa shape index (κ2) is 12.9. The number of carbonyl (C=O) groups is 2. The molecule has 7 nitrogen and oxygen atoms in total. The highest BCUT2D eigenvalue weighted by molar-refractivity contribution is 5.92. The molecule has 1 fully saturated rings. The highest BCUT2D eigenvalue weighted by Gasteiger charge is 2.27. The number of hydrogen-bond donors (Lipinski definition) is 3. The predicted molar refractivity (Wildman–Crippen MR) is 140 cm³/mol. The van der Waals surface area contributed by atoms with Gasteiger partial charge in [-0.1, -0.05) is 24.3 Å². The molecule has 0 radical (unpaired) electrons. The van der Waals surface area contributed by atoms with Crippen LogP contribution >= 0.6 is 0 Å². The molecule has 1 saturated heterocycles. The molecular weight excluding hydrogens is 530 g/mol. The molecule has 0 unspecified atom stereocenters. The van der Waals surface area contributed by atoms with Crippen molar-refractivity contribution in [1.29, 1.82) is 0 Å². The molecule has 3 aromatic rings. The fourth-order valence-corrected chi connectivity index (χ4v) is 4.69. The van der Waals surface area contributed by atoms with E-state index in [9.17, 15) is 27.2 Å². The van der Waals surface area contributed by atoms with Gasteiger partial charge in [0.05, 0.1) is 12.7 Å². The normalized spacial score (nSPS) is 17.7. The summed E-state index contributed by atoms with van der Waals surface area (Å²) in [4.78, 5) is 25.4. The SMILES string of the molecule is CN(C(=O)O)[C@H]1CO[C@H](CCc2c(F)cccc2NC(=O)C[C@@H](c2ccc(F)cc2)c2ccc(F)cc2F)CN1. The zero-order chi connectivity index (χ0) is 28.8. The fraction of sp³-hybridized carbons (Fsp3) is 0.310. The van der Waals surface area contributed by atoms with Crippen LogP contribution in [0.5, 0.6) is 0 Å². The largest absolute Gasteiger partial charge is 0.465 e. The molecule has 3 N–H and O–H groups in total. The van der Waals surface area contributed by atoms with Gasteiger partial charge in [0.25, 0.3) is 0 Å². The molecule has 0 saturated carbocycles. The van der Waals surface area contributed by atoms with Crippen molar-refractivity contribution in [3.8, 4) is 0 Å². The Morgan fingerprint density at radius 1 is 1.05 bits per heavy atom. The zero-order valence-corrected chi connectivity index (χ0v) is 21.7. The minimum atomic E-state index is -1.09. The number of nitrogens with zero attached hydrogens (tertiary/aromatic N) is 1. The van der Waals surface area contributed by atoms with E-state index in [4.69, 9.17) is 9.84 Å². The van der Waals surface area contributed by atoms with Crippen LogP contribution in [0.3, 0.4) is 0 Å². The number of anilines is 1. The summed E-state index contributed by atoms with van der Waals surface area (Å²) in [5.74, 6) is -4.03. The third-order valence-electron chi connectivity index (χ3n) is 6.95. The summed E-state index contributed by atoms with van der Waals surface area (Å²) in [6, 6.07) is 12.6. The number of carboxylic acid groups (broad SMARTS) is 1. The summed E-state index contributed by atoms with van der Waals surface area (Å²) >= 11 is 0. The third kappa shape index (κ3) is 7.16. The summed E-state index contributed by atoms with van der Waals surface area (Å²) < 4.78 is 62.4. The molecule has 212 valence electrons. The molecular formula is C29H29F4N3O4. The van der Waals surface area contributed by atoms with Gasteiger partial charge in [-0.2, -0.15) is 0 Å². The van der Waals surface area contributed by atoms with Crippen LogP contribution < -0.4 is 10.6 Å². The van der Waals surface area contributed by atoms with Crippen molar-refractivity contribution in [3.05, 3.63) is 101 Å². The Morgan fingerprint density at radius 2 is 1.77 bits per heavy atom. The number of benzene rings is 3. The second-order valence-electron chi connectivity index (χ2n) is 9.60. The number of hydrogen-bond acceptors (Lipinski definition) is 4. The van der Waals surface area contributed by atoms with Gasteiger partial charge in [0, 0.05) is 43.2 Å². The number of carbonyl (C=O) groups excluding carboxylic acids is 1. The maximum Gasteiger partial charge on any atom is 0.408 e. The predicted octanol–water partition coefficient (Wildman–Crippen LogP) is 5.26. The smallest absolute Gasteiger partial charge is 0.408 e. The fourth-order valence-electron chi connectivity index (χ4n) is 4.69. The van der Waals surface area contributed by atoms with Crippen LogP contribution in [0.1, 0.15) is 35.4 Å². The average Bonchev–Trinajstić information content (AvgIpc) is 2.92. The molecule has 0 aromatic heterocycles. The van der Waals surface area contributed by atoms with Crippen LogP contribution in [0.4, 0.5) is 28.0 Å². The van der Waals surface area contributed by atoms with Crippen molar-refractivity contribution in [2.45, 2.75) is 37.5 Å². The Morgan fingerprint density at radius 3 is 2.42 bits per heavy atom. The van der Waals surface area contributed by atoms with Crippen molar-refractivity contribution in [1.82, 2.24) is 10.2 Å². The Bertz CT molecular complexity index is 1350. The first-order chi connectivity index (χ1) is 19.1. The standard InChI is InChI=1S/C29H29F4N3O4/c1-36(29(38)39)27-16-40-20(15-34-27)10-12-22-24(32)3-2-4-26(22)35-28(37)14-23(17-5-7-18(30)8-6-17)21-11-9-19(31)13-25(21)33/h2-9,11,13,20,23,27,34H,10,12,14-16H2,1H3,(H,35,37)(H,38,39)/t20-,23+,27+/m1/s1. The van der Waals surface area contributed by atoms with Crippen LogP contribution in [-0.2, 0) is 16.0 Å². The van der Waals surface area contributed by atoms with E-state index in [1.165, 1.54) is 49.5 Å². The first-order valence-corrected chi connectivity index (χ1v) is 12.7. The maximum absolute atomic E-state index is 14.8. The van der Waals surface area contributed by atoms with E-state index in [0.29, 0.717) is 18.5 Å². The van der Waals surface area contributed by atoms with Gasteiger partial charge in [-0.15, -0.1) is 0 Å². The van der Waals surface area contributed by atoms with Crippen LogP contribution in [-0.4, -0.2) is 54.5 Å². The molecule has 4 rings (SSSR count). The van der Waals surface area contributed by atoms with Crippen molar-refractivity contribution in [2.24, 2.45) is 0 Å². The zero-order valence-electron chi connectivity index (χ0n) is 21.7. The van der Waals surface area contributed by atoms with Gasteiger partial charge in [-0.05, 0) is 54.3 Å². The summed E-state index contributed by atoms with van der Waals surface area (Å²) in [5.41, 5.74) is 1.02. The summed E-state index contributed by atoms with van der Waals surface area (Å²) in [6.07, 6.45) is -1.52. The van der Waals surface area contributed by atoms with Crippen LogP contribution in [0, 0.1) is 23.3 Å². The van der Waals surface area contributed by atoms with Crippen molar-refractivity contribution in [2.75, 3.05) is 25.5 Å². The van der Waals surface area contributed by atoms with Gasteiger partial charge < -0.3 is 15.2 Å². The summed E-state index contributed by atoms with van der Waals surface area (Å²) in [5, 5.41) is 14.9. The molecule has 1 aliphatic rings. The highest BCUT2D eigenvalue weighted by atomic mass is 19.1. The van der Waals surface area contributed by atoms with Crippen molar-refractivity contribution >= 4 is 17.7 Å². The number of nitrogens with one attached hydrogen (secondary N) is 2. The minimum Gasteiger partial charge on any atom is -0.465 e. The number of likely N-dealkylation sites (N-methyl/N-ethyl adjacent to an activating group) is 1. The Kier molecular flexibility index (Phi) is 9.38. The molecule has 1 heterocycles. The number of rotatable bonds is 9. The summed E-state index contributed by atoms with van der Waals surface area (Å²) in [6.45, 7) is 0.500. The molecule has 1 aliphatic heterocycles. The molecule has 11 heteroatoms. The lowest BCUT2D eigenvalue weighted by Crippen LogP contribution is -2.55. The van der Waals surface area contributed by atoms with E-state index in [-0.39, 0.29) is 42.4 Å². The van der Waals surface area contributed by atoms with Crippen LogP contribution in [0.15, 0.2) is 60.7 Å². The van der Waals surface area contributed by atoms with E-state index in [1.807, 2.05) is 0 Å². The lowest BCUT2D eigenvalue weighted by Gasteiger charge is -2.34. The first kappa shape index (κ1) is 29.0. The van der Waals surface area contributed by atoms with Crippen LogP contribution in [0.2, 0.25) is 0 Å². The van der Waals surface area contributed by atoms with E-state index in [0.717, 1.165) is 17.0 Å². The Balaban J connectivity index is 1.46. The number of morpholine rings is 1. The Hall–Kier alpha value is -3.96. The molecule has 0 bridgehead atoms. The van der Waals surface area contributed by atoms with Gasteiger partial charge in [0.15, 0.2) is 0 Å². The number of ether oxygens (including phenoxy) is 1. The quantitative estimate of drug-likeness (QED) is 0.311. The molecule has 3 atom stereocenters. The number of halogens is 4. The number of amides is 2.